The second kappa shape index (κ2) is 25.0. The van der Waals surface area contributed by atoms with Gasteiger partial charge in [-0.3, -0.25) is 37.6 Å². The van der Waals surface area contributed by atoms with Crippen molar-refractivity contribution in [1.82, 2.24) is 14.3 Å². The number of fused-ring (bicyclic) bond motifs is 2. The van der Waals surface area contributed by atoms with Gasteiger partial charge in [-0.25, -0.2) is 4.99 Å². The van der Waals surface area contributed by atoms with Gasteiger partial charge in [-0.05, 0) is 96.0 Å². The van der Waals surface area contributed by atoms with Crippen LogP contribution in [-0.4, -0.2) is 83.1 Å². The molecule has 0 unspecified atom stereocenters. The van der Waals surface area contributed by atoms with Crippen molar-refractivity contribution in [2.45, 2.75) is 78.1 Å². The summed E-state index contributed by atoms with van der Waals surface area (Å²) in [4.78, 5) is 61.8. The van der Waals surface area contributed by atoms with Crippen molar-refractivity contribution in [3.05, 3.63) is 162 Å². The molecule has 3 aliphatic heterocycles. The minimum Gasteiger partial charge on any atom is -0.480 e. The van der Waals surface area contributed by atoms with Crippen molar-refractivity contribution in [1.29, 1.82) is 0 Å². The predicted molar refractivity (Wildman–Crippen MR) is 334 cm³/mol. The molecule has 406 valence electrons. The Morgan fingerprint density at radius 2 is 1.11 bits per heavy atom. The number of hydrogen-bond donors (Lipinski definition) is 2. The van der Waals surface area contributed by atoms with E-state index in [1.165, 1.54) is 22.7 Å². The Bertz CT molecular complexity index is 3750. The highest BCUT2D eigenvalue weighted by Gasteiger charge is 2.36. The first-order chi connectivity index (χ1) is 38.7. The third-order valence-electron chi connectivity index (χ3n) is 14.1. The Morgan fingerprint density at radius 3 is 1.62 bits per heavy atom. The van der Waals surface area contributed by atoms with Gasteiger partial charge in [-0.2, -0.15) is 0 Å². The van der Waals surface area contributed by atoms with Crippen LogP contribution in [0.15, 0.2) is 124 Å². The molecule has 6 heterocycles. The van der Waals surface area contributed by atoms with Crippen molar-refractivity contribution in [2.24, 2.45) is 4.99 Å². The first kappa shape index (κ1) is 56.7. The van der Waals surface area contributed by atoms with E-state index < -0.39 is 44.2 Å². The lowest BCUT2D eigenvalue weighted by Crippen LogP contribution is -2.33. The summed E-state index contributed by atoms with van der Waals surface area (Å²) in [5.74, 6) is -3.22. The highest BCUT2D eigenvalue weighted by atomic mass is 32.2. The number of amides is 2. The summed E-state index contributed by atoms with van der Waals surface area (Å²) in [7, 11) is -2.95. The van der Waals surface area contributed by atoms with E-state index in [1.54, 1.807) is 18.2 Å². The average molecular weight is 1180 g/mol. The SMILES string of the molecule is CCCCCCc1cc(/C=C2\SC(=S)N(CC(=O)O)C2=O)sc1-c1ccc2c(c1)/C(=C/c1c3cc(-c4sc(/C=C5/SC(=S)N(CC(=O)O)C5=O)cc4CCCCCC)ccc3c(-c3ccccc3)n1B(F)F)N=C2c1ccccc1. The number of carboxylic acids is 2. The Labute approximate surface area is 490 Å². The number of thiocarbonyl (C=S) groups is 2. The molecule has 3 aliphatic rings. The molecule has 0 bridgehead atoms. The number of carboxylic acid groups (broad SMARTS) is 2. The molecule has 3 aromatic heterocycles. The summed E-state index contributed by atoms with van der Waals surface area (Å²) in [5, 5.41) is 20.2. The number of aliphatic carboxylic acids is 2. The average Bonchev–Trinajstić information content (AvgIpc) is 4.38. The van der Waals surface area contributed by atoms with Gasteiger partial charge in [0, 0.05) is 58.4 Å². The fraction of sp³-hybridized carbons (Fsp3) is 0.230. The highest BCUT2D eigenvalue weighted by molar-refractivity contribution is 8.27. The number of hydrogen-bond acceptors (Lipinski definition) is 11. The fourth-order valence-electron chi connectivity index (χ4n) is 10.3. The molecule has 2 saturated heterocycles. The lowest BCUT2D eigenvalue weighted by Gasteiger charge is -2.10. The number of carbonyl (C=O) groups is 4. The molecule has 7 aromatic rings. The monoisotopic (exact) mass is 1180 g/mol. The molecule has 0 saturated carbocycles. The van der Waals surface area contributed by atoms with Crippen LogP contribution in [0.2, 0.25) is 0 Å². The number of rotatable bonds is 22. The molecule has 4 aromatic carbocycles. The van der Waals surface area contributed by atoms with Crippen LogP contribution < -0.4 is 0 Å². The van der Waals surface area contributed by atoms with Crippen molar-refractivity contribution < 1.29 is 38.0 Å². The molecule has 0 atom stereocenters. The standard InChI is InChI=1S/C61H53BF2N4O6S6/c1-3-5-7-11-21-38-27-42(31-50-58(73)66(34-52(69)70)60(75)79-50)77-56(38)40-23-25-44-46(29-40)48(65-54(44)36-17-13-9-14-18-36)33-49-47-30-41(24-26-45(47)55(68(49)62(63)64)37-19-15-10-16-20-37)57-39(22-12-8-6-4-2)28-43(78-57)32-51-59(74)67(35-53(71)72)61(76)80-51/h9-10,13-20,23-33H,3-8,11-12,21-22,34-35H2,1-2H3,(H,69,70)(H,71,72)/b48-33-,50-31-,51-32+. The number of nitrogens with zero attached hydrogens (tertiary/aromatic N) is 4. The summed E-state index contributed by atoms with van der Waals surface area (Å²) < 4.78 is 34.0. The second-order valence-electron chi connectivity index (χ2n) is 19.6. The van der Waals surface area contributed by atoms with Gasteiger partial charge in [0.1, 0.15) is 21.7 Å². The molecule has 10 rings (SSSR count). The molecule has 2 amide bonds. The van der Waals surface area contributed by atoms with Crippen molar-refractivity contribution in [3.63, 3.8) is 0 Å². The minimum atomic E-state index is -2.95. The molecule has 10 nitrogen and oxygen atoms in total. The van der Waals surface area contributed by atoms with E-state index in [-0.39, 0.29) is 14.3 Å². The predicted octanol–water partition coefficient (Wildman–Crippen LogP) is 15.7. The molecular formula is C61H53BF2N4O6S6. The summed E-state index contributed by atoms with van der Waals surface area (Å²) >= 11 is 16.0. The number of halogens is 2. The maximum atomic E-state index is 16.3. The summed E-state index contributed by atoms with van der Waals surface area (Å²) in [5.41, 5.74) is 8.82. The first-order valence-corrected chi connectivity index (χ1v) is 30.5. The number of aliphatic imine (C=N–C) groups is 1. The molecule has 2 N–H and O–H groups in total. The minimum absolute atomic E-state index is 0.180. The molecule has 0 spiro atoms. The van der Waals surface area contributed by atoms with E-state index in [9.17, 15) is 29.4 Å². The second-order valence-corrected chi connectivity index (χ2v) is 25.1. The van der Waals surface area contributed by atoms with Crippen LogP contribution in [0, 0.1) is 0 Å². The van der Waals surface area contributed by atoms with Gasteiger partial charge in [-0.15, -0.1) is 22.7 Å². The Balaban J connectivity index is 1.14. The van der Waals surface area contributed by atoms with E-state index >= 15 is 8.63 Å². The highest BCUT2D eigenvalue weighted by Crippen LogP contribution is 2.46. The zero-order valence-electron chi connectivity index (χ0n) is 43.7. The van der Waals surface area contributed by atoms with E-state index in [4.69, 9.17) is 29.4 Å². The molecular weight excluding hydrogens is 1130 g/mol. The number of carbonyl (C=O) groups excluding carboxylic acids is 2. The van der Waals surface area contributed by atoms with Crippen molar-refractivity contribution >= 4 is 151 Å². The van der Waals surface area contributed by atoms with Gasteiger partial charge in [0.15, 0.2) is 0 Å². The van der Waals surface area contributed by atoms with E-state index in [0.29, 0.717) is 43.2 Å². The van der Waals surface area contributed by atoms with Crippen molar-refractivity contribution in [2.75, 3.05) is 13.1 Å². The summed E-state index contributed by atoms with van der Waals surface area (Å²) in [6, 6.07) is 35.3. The van der Waals surface area contributed by atoms with Crippen LogP contribution in [0.5, 0.6) is 0 Å². The largest absolute Gasteiger partial charge is 0.678 e. The topological polar surface area (TPSA) is 133 Å². The maximum Gasteiger partial charge on any atom is 0.678 e. The van der Waals surface area contributed by atoms with E-state index in [1.807, 2.05) is 84.9 Å². The number of unbranched alkanes of at least 4 members (excludes halogenated alkanes) is 6. The molecule has 0 aliphatic carbocycles. The van der Waals surface area contributed by atoms with Gasteiger partial charge >= 0.3 is 19.3 Å². The lowest BCUT2D eigenvalue weighted by atomic mass is 9.95. The normalized spacial score (nSPS) is 15.9. The third kappa shape index (κ3) is 12.0. The van der Waals surface area contributed by atoms with Gasteiger partial charge in [0.05, 0.1) is 21.2 Å². The van der Waals surface area contributed by atoms with Crippen LogP contribution in [0.3, 0.4) is 0 Å². The van der Waals surface area contributed by atoms with Crippen LogP contribution in [0.25, 0.3) is 66.8 Å². The Morgan fingerprint density at radius 1 is 0.600 bits per heavy atom. The van der Waals surface area contributed by atoms with Crippen LogP contribution in [0.1, 0.15) is 108 Å². The quantitative estimate of drug-likeness (QED) is 0.0293. The van der Waals surface area contributed by atoms with E-state index in [2.05, 4.69) is 38.1 Å². The molecule has 0 radical (unpaired) electrons. The Kier molecular flexibility index (Phi) is 17.7. The zero-order chi connectivity index (χ0) is 56.2. The molecule has 19 heteroatoms. The number of aryl methyl sites for hydroxylation is 2. The van der Waals surface area contributed by atoms with E-state index in [0.717, 1.165) is 160 Å². The number of aromatic nitrogens is 1. The zero-order valence-corrected chi connectivity index (χ0v) is 48.6. The van der Waals surface area contributed by atoms with Crippen LogP contribution >= 0.6 is 70.6 Å². The number of benzene rings is 4. The van der Waals surface area contributed by atoms with Gasteiger partial charge in [-0.1, -0.05) is 185 Å². The maximum absolute atomic E-state index is 16.3. The summed E-state index contributed by atoms with van der Waals surface area (Å²) in [6.07, 6.45) is 15.1. The fourth-order valence-corrected chi connectivity index (χ4v) is 15.3. The molecule has 80 heavy (non-hydrogen) atoms. The molecule has 2 fully saturated rings. The number of thiophene rings is 2. The van der Waals surface area contributed by atoms with Crippen LogP contribution in [-0.2, 0) is 32.0 Å². The Hall–Kier alpha value is -6.61. The lowest BCUT2D eigenvalue weighted by molar-refractivity contribution is -0.140. The first-order valence-electron chi connectivity index (χ1n) is 26.4. The van der Waals surface area contributed by atoms with Gasteiger partial charge in [0.25, 0.3) is 11.8 Å². The van der Waals surface area contributed by atoms with Crippen LogP contribution in [0.4, 0.5) is 8.63 Å². The number of thioether (sulfide) groups is 2. The van der Waals surface area contributed by atoms with Gasteiger partial charge in [0.2, 0.25) is 0 Å². The third-order valence-corrected chi connectivity index (χ3v) is 19.2. The van der Waals surface area contributed by atoms with Gasteiger partial charge < -0.3 is 14.7 Å². The smallest absolute Gasteiger partial charge is 0.480 e. The summed E-state index contributed by atoms with van der Waals surface area (Å²) in [6.45, 7) is 3.29. The van der Waals surface area contributed by atoms with Crippen molar-refractivity contribution in [3.8, 4) is 32.1 Å².